The van der Waals surface area contributed by atoms with Crippen LogP contribution in [0.4, 0.5) is 0 Å². The summed E-state index contributed by atoms with van der Waals surface area (Å²) < 4.78 is 32.7. The van der Waals surface area contributed by atoms with E-state index in [9.17, 15) is 29.1 Å². The van der Waals surface area contributed by atoms with Crippen LogP contribution in [0.3, 0.4) is 0 Å². The van der Waals surface area contributed by atoms with Crippen molar-refractivity contribution in [2.45, 2.75) is 64.8 Å². The van der Waals surface area contributed by atoms with E-state index in [1.165, 1.54) is 23.5 Å². The number of nitrogens with zero attached hydrogens (tertiary/aromatic N) is 1. The molecule has 1 N–H and O–H groups in total. The molecule has 0 aliphatic carbocycles. The van der Waals surface area contributed by atoms with Crippen molar-refractivity contribution in [2.75, 3.05) is 6.61 Å². The summed E-state index contributed by atoms with van der Waals surface area (Å²) in [5.74, 6) is -3.78. The van der Waals surface area contributed by atoms with Gasteiger partial charge in [0.25, 0.3) is 0 Å². The van der Waals surface area contributed by atoms with Crippen molar-refractivity contribution in [1.82, 2.24) is 4.98 Å². The maximum Gasteiger partial charge on any atom is 0.303 e. The van der Waals surface area contributed by atoms with Crippen LogP contribution >= 0.6 is 11.3 Å². The maximum absolute atomic E-state index is 12.6. The van der Waals surface area contributed by atoms with Gasteiger partial charge in [-0.25, -0.2) is 4.98 Å². The molecule has 210 valence electrons. The number of carbonyl (C=O) groups is 5. The zero-order valence-electron chi connectivity index (χ0n) is 21.5. The Hall–Kier alpha value is -4.04. The molecule has 1 aromatic heterocycles. The molecule has 5 atom stereocenters. The van der Waals surface area contributed by atoms with E-state index in [1.54, 1.807) is 10.9 Å². The Morgan fingerprint density at radius 2 is 1.56 bits per heavy atom. The smallest absolute Gasteiger partial charge is 0.303 e. The third-order valence-corrected chi connectivity index (χ3v) is 5.93. The average molecular weight is 566 g/mol. The minimum atomic E-state index is -1.48. The minimum absolute atomic E-state index is 0.00129. The van der Waals surface area contributed by atoms with Crippen LogP contribution in [0, 0.1) is 0 Å². The lowest BCUT2D eigenvalue weighted by Gasteiger charge is -2.43. The zero-order chi connectivity index (χ0) is 28.7. The highest BCUT2D eigenvalue weighted by atomic mass is 32.1. The predicted molar refractivity (Wildman–Crippen MR) is 131 cm³/mol. The molecule has 1 aliphatic heterocycles. The Morgan fingerprint density at radius 3 is 2.13 bits per heavy atom. The molecule has 0 saturated carbocycles. The number of ether oxygens (including phenoxy) is 6. The second-order valence-corrected chi connectivity index (χ2v) is 9.16. The van der Waals surface area contributed by atoms with Crippen LogP contribution in [0.1, 0.15) is 43.7 Å². The van der Waals surface area contributed by atoms with Crippen LogP contribution in [-0.4, -0.2) is 77.1 Å². The van der Waals surface area contributed by atoms with E-state index in [0.29, 0.717) is 5.69 Å². The Bertz CT molecular complexity index is 1210. The molecule has 13 nitrogen and oxygen atoms in total. The lowest BCUT2D eigenvalue weighted by atomic mass is 9.98. The number of hydrogen-bond donors (Lipinski definition) is 1. The van der Waals surface area contributed by atoms with Crippen molar-refractivity contribution >= 4 is 41.0 Å². The Balaban J connectivity index is 1.91. The Morgan fingerprint density at radius 1 is 0.923 bits per heavy atom. The fourth-order valence-corrected chi connectivity index (χ4v) is 4.38. The second-order valence-electron chi connectivity index (χ2n) is 8.44. The standard InChI is InChI=1S/C25H27NO12S/c1-12(27)33-9-21-22(34-13(2)28)23(35-14(3)29)24(36-15(4)30)25(38-21)37-17-5-6-18(20(32)8-17)19(31)7-16-10-39-11-26-16/h5-6,8,10-11,21-25,32H,7,9H2,1-4H3/t21-,22+,23-,24+,25+/m1/s1. The zero-order valence-corrected chi connectivity index (χ0v) is 22.3. The van der Waals surface area contributed by atoms with Gasteiger partial charge in [-0.05, 0) is 12.1 Å². The first-order valence-corrected chi connectivity index (χ1v) is 12.6. The van der Waals surface area contributed by atoms with Gasteiger partial charge in [0.2, 0.25) is 12.4 Å². The molecule has 14 heteroatoms. The number of carbonyl (C=O) groups excluding carboxylic acids is 5. The average Bonchev–Trinajstić information content (AvgIpc) is 3.33. The second kappa shape index (κ2) is 13.2. The number of aromatic nitrogens is 1. The molecule has 0 amide bonds. The third kappa shape index (κ3) is 8.22. The highest BCUT2D eigenvalue weighted by molar-refractivity contribution is 7.07. The van der Waals surface area contributed by atoms with Gasteiger partial charge in [-0.15, -0.1) is 11.3 Å². The van der Waals surface area contributed by atoms with Gasteiger partial charge in [-0.3, -0.25) is 24.0 Å². The molecule has 0 radical (unpaired) electrons. The molecule has 2 aromatic rings. The molecule has 1 fully saturated rings. The summed E-state index contributed by atoms with van der Waals surface area (Å²) in [6, 6.07) is 3.87. The molecule has 2 heterocycles. The summed E-state index contributed by atoms with van der Waals surface area (Å²) in [7, 11) is 0. The molecule has 1 aromatic carbocycles. The van der Waals surface area contributed by atoms with Gasteiger partial charge in [-0.2, -0.15) is 0 Å². The number of rotatable bonds is 10. The minimum Gasteiger partial charge on any atom is -0.507 e. The topological polar surface area (TPSA) is 174 Å². The largest absolute Gasteiger partial charge is 0.507 e. The molecular weight excluding hydrogens is 538 g/mol. The number of hydrogen-bond acceptors (Lipinski definition) is 14. The summed E-state index contributed by atoms with van der Waals surface area (Å²) in [5.41, 5.74) is 2.17. The van der Waals surface area contributed by atoms with Crippen LogP contribution in [0.5, 0.6) is 11.5 Å². The summed E-state index contributed by atoms with van der Waals surface area (Å²) in [6.07, 6.45) is -6.90. The summed E-state index contributed by atoms with van der Waals surface area (Å²) in [5, 5.41) is 12.2. The summed E-state index contributed by atoms with van der Waals surface area (Å²) >= 11 is 1.34. The van der Waals surface area contributed by atoms with Gasteiger partial charge < -0.3 is 33.5 Å². The third-order valence-electron chi connectivity index (χ3n) is 5.30. The van der Waals surface area contributed by atoms with Gasteiger partial charge in [0.1, 0.15) is 24.2 Å². The van der Waals surface area contributed by atoms with Crippen LogP contribution in [0.2, 0.25) is 0 Å². The van der Waals surface area contributed by atoms with Crippen molar-refractivity contribution in [3.63, 3.8) is 0 Å². The van der Waals surface area contributed by atoms with Gasteiger partial charge in [0, 0.05) is 39.1 Å². The van der Waals surface area contributed by atoms with Crippen LogP contribution in [-0.2, 0) is 49.3 Å². The molecule has 0 bridgehead atoms. The SMILES string of the molecule is CC(=O)OC[C@H]1O[C@H](Oc2ccc(C(=O)Cc3cscn3)c(O)c2)[C@@H](OC(C)=O)[C@H](OC(C)=O)[C@H]1OC(C)=O. The van der Waals surface area contributed by atoms with Crippen LogP contribution in [0.25, 0.3) is 0 Å². The molecule has 39 heavy (non-hydrogen) atoms. The number of benzene rings is 1. The van der Waals surface area contributed by atoms with E-state index in [1.807, 2.05) is 0 Å². The quantitative estimate of drug-likeness (QED) is 0.251. The number of thiazole rings is 1. The lowest BCUT2D eigenvalue weighted by molar-refractivity contribution is -0.288. The first-order chi connectivity index (χ1) is 18.4. The number of aromatic hydroxyl groups is 1. The number of phenolic OH excluding ortho intramolecular Hbond substituents is 1. The molecule has 1 saturated heterocycles. The maximum atomic E-state index is 12.6. The first-order valence-electron chi connectivity index (χ1n) is 11.6. The molecule has 0 spiro atoms. The lowest BCUT2D eigenvalue weighted by Crippen LogP contribution is -2.63. The van der Waals surface area contributed by atoms with Crippen LogP contribution < -0.4 is 4.74 Å². The first kappa shape index (κ1) is 29.5. The molecule has 3 rings (SSSR count). The van der Waals surface area contributed by atoms with E-state index >= 15 is 0 Å². The normalized spacial score (nSPS) is 22.3. The van der Waals surface area contributed by atoms with Crippen LogP contribution in [0.15, 0.2) is 29.1 Å². The highest BCUT2D eigenvalue weighted by Crippen LogP contribution is 2.32. The van der Waals surface area contributed by atoms with Gasteiger partial charge >= 0.3 is 23.9 Å². The van der Waals surface area contributed by atoms with Crippen molar-refractivity contribution in [3.05, 3.63) is 40.3 Å². The molecular formula is C25H27NO12S. The van der Waals surface area contributed by atoms with Crippen molar-refractivity contribution in [2.24, 2.45) is 0 Å². The van der Waals surface area contributed by atoms with Crippen molar-refractivity contribution in [1.29, 1.82) is 0 Å². The Labute approximate surface area is 226 Å². The molecule has 1 aliphatic rings. The predicted octanol–water partition coefficient (Wildman–Crippen LogP) is 1.74. The van der Waals surface area contributed by atoms with Gasteiger partial charge in [0.05, 0.1) is 23.2 Å². The number of ketones is 1. The fourth-order valence-electron chi connectivity index (χ4n) is 3.82. The number of Topliss-reactive ketones (excluding diaryl/α,β-unsaturated/α-hetero) is 1. The van der Waals surface area contributed by atoms with Gasteiger partial charge in [-0.1, -0.05) is 0 Å². The summed E-state index contributed by atoms with van der Waals surface area (Å²) in [6.45, 7) is 4.04. The van der Waals surface area contributed by atoms with Crippen molar-refractivity contribution in [3.8, 4) is 11.5 Å². The highest BCUT2D eigenvalue weighted by Gasteiger charge is 2.53. The van der Waals surface area contributed by atoms with E-state index in [0.717, 1.165) is 33.8 Å². The Kier molecular flexibility index (Phi) is 9.95. The van der Waals surface area contributed by atoms with Gasteiger partial charge in [0.15, 0.2) is 18.0 Å². The fraction of sp³-hybridized carbons (Fsp3) is 0.440. The van der Waals surface area contributed by atoms with Crippen molar-refractivity contribution < 1.29 is 57.5 Å². The number of esters is 4. The van der Waals surface area contributed by atoms with E-state index in [2.05, 4.69) is 4.98 Å². The van der Waals surface area contributed by atoms with E-state index < -0.39 is 66.9 Å². The molecule has 0 unspecified atom stereocenters. The van der Waals surface area contributed by atoms with E-state index in [-0.39, 0.29) is 23.5 Å². The van der Waals surface area contributed by atoms with E-state index in [4.69, 9.17) is 28.4 Å². The number of phenols is 1. The summed E-state index contributed by atoms with van der Waals surface area (Å²) in [4.78, 5) is 63.8. The monoisotopic (exact) mass is 565 g/mol.